The molecule has 4 atom stereocenters. The zero-order chi connectivity index (χ0) is 22.9. The number of nitrogens with zero attached hydrogens (tertiary/aromatic N) is 2. The highest BCUT2D eigenvalue weighted by Gasteiger charge is 2.55. The molecule has 2 aliphatic heterocycles. The largest absolute Gasteiger partial charge is 0.396 e. The zero-order valence-electron chi connectivity index (χ0n) is 19.2. The number of aliphatic hydroxyl groups excluding tert-OH is 1. The van der Waals surface area contributed by atoms with E-state index in [4.69, 9.17) is 0 Å². The molecule has 0 unspecified atom stereocenters. The van der Waals surface area contributed by atoms with E-state index in [0.29, 0.717) is 18.7 Å². The summed E-state index contributed by atoms with van der Waals surface area (Å²) in [6.07, 6.45) is 8.08. The lowest BCUT2D eigenvalue weighted by atomic mass is 9.88. The van der Waals surface area contributed by atoms with E-state index in [1.165, 1.54) is 0 Å². The van der Waals surface area contributed by atoms with Gasteiger partial charge < -0.3 is 15.0 Å². The van der Waals surface area contributed by atoms with Crippen molar-refractivity contribution in [1.29, 1.82) is 0 Å². The molecule has 1 saturated carbocycles. The lowest BCUT2D eigenvalue weighted by Crippen LogP contribution is -2.50. The Balaban J connectivity index is 1.54. The summed E-state index contributed by atoms with van der Waals surface area (Å²) in [5.41, 5.74) is 2.75. The molecule has 1 saturated heterocycles. The summed E-state index contributed by atoms with van der Waals surface area (Å²) >= 11 is 0. The average Bonchev–Trinajstić information content (AvgIpc) is 3.53. The minimum atomic E-state index is -0.412. The van der Waals surface area contributed by atoms with Crippen molar-refractivity contribution in [3.05, 3.63) is 75.7 Å². The molecule has 1 aliphatic carbocycles. The van der Waals surface area contributed by atoms with E-state index in [-0.39, 0.29) is 42.0 Å². The average molecular weight is 448 g/mol. The van der Waals surface area contributed by atoms with Gasteiger partial charge in [0.25, 0.3) is 5.56 Å². The quantitative estimate of drug-likeness (QED) is 0.714. The SMILES string of the molecule is C/C=C/c1ccc2n(c1=O)C[C@@H]1[C@@H](CO)[C@H](C(=O)NC3CCCC3)N(Cc3ccccc3)[C@H]21. The van der Waals surface area contributed by atoms with E-state index in [1.807, 2.05) is 54.0 Å². The van der Waals surface area contributed by atoms with Gasteiger partial charge in [-0.15, -0.1) is 0 Å². The smallest absolute Gasteiger partial charge is 0.258 e. The first kappa shape index (κ1) is 22.1. The predicted octanol–water partition coefficient (Wildman–Crippen LogP) is 3.10. The number of nitrogens with one attached hydrogen (secondary N) is 1. The van der Waals surface area contributed by atoms with Gasteiger partial charge in [0.05, 0.1) is 12.1 Å². The van der Waals surface area contributed by atoms with Crippen molar-refractivity contribution in [2.45, 2.75) is 63.8 Å². The van der Waals surface area contributed by atoms with Crippen LogP contribution in [0.2, 0.25) is 0 Å². The fraction of sp³-hybridized carbons (Fsp3) is 0.481. The molecule has 6 heteroatoms. The number of amides is 1. The number of benzene rings is 1. The molecule has 1 aromatic carbocycles. The van der Waals surface area contributed by atoms with Gasteiger partial charge in [0.2, 0.25) is 5.91 Å². The first-order valence-corrected chi connectivity index (χ1v) is 12.2. The first-order chi connectivity index (χ1) is 16.1. The first-order valence-electron chi connectivity index (χ1n) is 12.2. The number of carbonyl (C=O) groups excluding carboxylic acids is 1. The Bertz CT molecular complexity index is 1090. The summed E-state index contributed by atoms with van der Waals surface area (Å²) in [4.78, 5) is 29.0. The van der Waals surface area contributed by atoms with Gasteiger partial charge in [-0.2, -0.15) is 0 Å². The Hall–Kier alpha value is -2.70. The highest BCUT2D eigenvalue weighted by atomic mass is 16.3. The number of likely N-dealkylation sites (tertiary alicyclic amines) is 1. The molecule has 3 aliphatic rings. The van der Waals surface area contributed by atoms with E-state index in [1.54, 1.807) is 0 Å². The van der Waals surface area contributed by atoms with Crippen LogP contribution in [0.3, 0.4) is 0 Å². The number of fused-ring (bicyclic) bond motifs is 3. The minimum absolute atomic E-state index is 0.00306. The van der Waals surface area contributed by atoms with Crippen molar-refractivity contribution in [1.82, 2.24) is 14.8 Å². The molecule has 5 rings (SSSR count). The maximum atomic E-state index is 13.6. The number of hydrogen-bond donors (Lipinski definition) is 2. The van der Waals surface area contributed by atoms with E-state index < -0.39 is 6.04 Å². The standard InChI is InChI=1S/C27H33N3O3/c1-2-8-19-13-14-23-24-21(16-29(23)27(19)33)22(17-31)25(26(32)28-20-11-6-7-12-20)30(24)15-18-9-4-3-5-10-18/h2-5,8-10,13-14,20-22,24-25,31H,6-7,11-12,15-17H2,1H3,(H,28,32)/b8-2+/t21-,22-,24+,25-/m1/s1. The van der Waals surface area contributed by atoms with Crippen LogP contribution < -0.4 is 10.9 Å². The van der Waals surface area contributed by atoms with Crippen molar-refractivity contribution < 1.29 is 9.90 Å². The van der Waals surface area contributed by atoms with Crippen molar-refractivity contribution >= 4 is 12.0 Å². The summed E-state index contributed by atoms with van der Waals surface area (Å²) in [5.74, 6) is -0.179. The maximum absolute atomic E-state index is 13.6. The van der Waals surface area contributed by atoms with Crippen LogP contribution in [0, 0.1) is 11.8 Å². The second kappa shape index (κ2) is 9.27. The van der Waals surface area contributed by atoms with Crippen LogP contribution in [0.5, 0.6) is 0 Å². The van der Waals surface area contributed by atoms with Crippen LogP contribution in [0.1, 0.15) is 55.5 Å². The maximum Gasteiger partial charge on any atom is 0.258 e. The van der Waals surface area contributed by atoms with Crippen LogP contribution in [0.4, 0.5) is 0 Å². The van der Waals surface area contributed by atoms with Crippen LogP contribution in [0.25, 0.3) is 6.08 Å². The number of allylic oxidation sites excluding steroid dienone is 1. The van der Waals surface area contributed by atoms with Gasteiger partial charge in [-0.25, -0.2) is 0 Å². The molecule has 0 bridgehead atoms. The highest BCUT2D eigenvalue weighted by Crippen LogP contribution is 2.49. The van der Waals surface area contributed by atoms with Gasteiger partial charge in [0.1, 0.15) is 0 Å². The lowest BCUT2D eigenvalue weighted by Gasteiger charge is -2.31. The summed E-state index contributed by atoms with van der Waals surface area (Å²) < 4.78 is 1.86. The Morgan fingerprint density at radius 3 is 2.61 bits per heavy atom. The van der Waals surface area contributed by atoms with Gasteiger partial charge >= 0.3 is 0 Å². The second-order valence-corrected chi connectivity index (χ2v) is 9.68. The van der Waals surface area contributed by atoms with Crippen molar-refractivity contribution in [2.24, 2.45) is 11.8 Å². The monoisotopic (exact) mass is 447 g/mol. The Morgan fingerprint density at radius 2 is 1.91 bits per heavy atom. The summed E-state index contributed by atoms with van der Waals surface area (Å²) in [7, 11) is 0. The Kier molecular flexibility index (Phi) is 6.21. The van der Waals surface area contributed by atoms with Crippen LogP contribution in [-0.2, 0) is 17.9 Å². The number of rotatable bonds is 6. The predicted molar refractivity (Wildman–Crippen MR) is 128 cm³/mol. The number of aliphatic hydroxyl groups is 1. The molecule has 2 aromatic rings. The second-order valence-electron chi connectivity index (χ2n) is 9.68. The third-order valence-corrected chi connectivity index (χ3v) is 7.74. The minimum Gasteiger partial charge on any atom is -0.396 e. The molecule has 2 N–H and O–H groups in total. The summed E-state index contributed by atoms with van der Waals surface area (Å²) in [6.45, 7) is 2.97. The Morgan fingerprint density at radius 1 is 1.15 bits per heavy atom. The number of aromatic nitrogens is 1. The van der Waals surface area contributed by atoms with E-state index in [9.17, 15) is 14.7 Å². The van der Waals surface area contributed by atoms with Crippen LogP contribution in [0.15, 0.2) is 53.3 Å². The third-order valence-electron chi connectivity index (χ3n) is 7.74. The van der Waals surface area contributed by atoms with Crippen LogP contribution >= 0.6 is 0 Å². The fourth-order valence-electron chi connectivity index (χ4n) is 6.26. The van der Waals surface area contributed by atoms with Gasteiger partial charge in [-0.05, 0) is 37.5 Å². The van der Waals surface area contributed by atoms with E-state index >= 15 is 0 Å². The molecular formula is C27H33N3O3. The van der Waals surface area contributed by atoms with Crippen molar-refractivity contribution in [2.75, 3.05) is 6.61 Å². The molecule has 174 valence electrons. The van der Waals surface area contributed by atoms with E-state index in [0.717, 1.165) is 36.9 Å². The fourth-order valence-corrected chi connectivity index (χ4v) is 6.26. The highest BCUT2D eigenvalue weighted by molar-refractivity contribution is 5.83. The van der Waals surface area contributed by atoms with E-state index in [2.05, 4.69) is 22.3 Å². The molecule has 1 aromatic heterocycles. The molecule has 0 spiro atoms. The number of carbonyl (C=O) groups is 1. The number of pyridine rings is 1. The Labute approximate surface area is 194 Å². The normalized spacial score (nSPS) is 27.2. The molecule has 3 heterocycles. The molecule has 2 fully saturated rings. The van der Waals surface area contributed by atoms with Gasteiger partial charge in [-0.1, -0.05) is 55.3 Å². The van der Waals surface area contributed by atoms with Crippen LogP contribution in [-0.4, -0.2) is 39.2 Å². The van der Waals surface area contributed by atoms with Crippen molar-refractivity contribution in [3.8, 4) is 0 Å². The molecular weight excluding hydrogens is 414 g/mol. The molecule has 1 amide bonds. The molecule has 33 heavy (non-hydrogen) atoms. The lowest BCUT2D eigenvalue weighted by molar-refractivity contribution is -0.128. The van der Waals surface area contributed by atoms with Gasteiger partial charge in [0.15, 0.2) is 0 Å². The zero-order valence-corrected chi connectivity index (χ0v) is 19.2. The van der Waals surface area contributed by atoms with Gasteiger partial charge in [0, 0.05) is 48.8 Å². The topological polar surface area (TPSA) is 74.6 Å². The van der Waals surface area contributed by atoms with Gasteiger partial charge in [-0.3, -0.25) is 14.5 Å². The summed E-state index contributed by atoms with van der Waals surface area (Å²) in [5, 5.41) is 13.7. The third kappa shape index (κ3) is 3.96. The molecule has 6 nitrogen and oxygen atoms in total. The summed E-state index contributed by atoms with van der Waals surface area (Å²) in [6, 6.07) is 13.8. The number of hydrogen-bond acceptors (Lipinski definition) is 4. The molecule has 0 radical (unpaired) electrons. The van der Waals surface area contributed by atoms with Crippen molar-refractivity contribution in [3.63, 3.8) is 0 Å².